The third-order valence-electron chi connectivity index (χ3n) is 6.70. The second kappa shape index (κ2) is 10.6. The lowest BCUT2D eigenvalue weighted by molar-refractivity contribution is -0.167. The zero-order chi connectivity index (χ0) is 23.5. The van der Waals surface area contributed by atoms with Crippen molar-refractivity contribution >= 4 is 41.0 Å². The van der Waals surface area contributed by atoms with Gasteiger partial charge in [0.05, 0.1) is 47.8 Å². The number of halogens is 2. The standard InChI is InChI=1S/C23H29Cl2N3O5/c1-15(29)33-14-22(31)27-8-9-28(21(30)11-16-4-5-17(24)18(25)10-16)23-19(12-32-13-20(23)27)26-6-2-3-7-26/h4-5,10,19-20,23H,2-3,6-9,11-14H2,1H3/t19?,20?,23-/m1/s1. The van der Waals surface area contributed by atoms with Crippen LogP contribution in [0, 0.1) is 0 Å². The van der Waals surface area contributed by atoms with Gasteiger partial charge in [0.25, 0.3) is 5.91 Å². The van der Waals surface area contributed by atoms with E-state index in [4.69, 9.17) is 32.7 Å². The van der Waals surface area contributed by atoms with E-state index >= 15 is 0 Å². The summed E-state index contributed by atoms with van der Waals surface area (Å²) in [6, 6.07) is 4.75. The number of nitrogens with zero attached hydrogens (tertiary/aromatic N) is 3. The fourth-order valence-electron chi connectivity index (χ4n) is 5.15. The highest BCUT2D eigenvalue weighted by Gasteiger charge is 2.49. The molecular weight excluding hydrogens is 469 g/mol. The van der Waals surface area contributed by atoms with Crippen molar-refractivity contribution in [2.24, 2.45) is 0 Å². The number of esters is 1. The van der Waals surface area contributed by atoms with Crippen LogP contribution in [0.1, 0.15) is 25.3 Å². The number of benzene rings is 1. The summed E-state index contributed by atoms with van der Waals surface area (Å²) in [4.78, 5) is 43.6. The summed E-state index contributed by atoms with van der Waals surface area (Å²) < 4.78 is 10.9. The molecule has 2 unspecified atom stereocenters. The van der Waals surface area contributed by atoms with Crippen molar-refractivity contribution in [1.82, 2.24) is 14.7 Å². The molecule has 33 heavy (non-hydrogen) atoms. The minimum Gasteiger partial charge on any atom is -0.456 e. The van der Waals surface area contributed by atoms with E-state index in [0.717, 1.165) is 31.5 Å². The molecule has 1 aromatic carbocycles. The summed E-state index contributed by atoms with van der Waals surface area (Å²) in [6.07, 6.45) is 2.43. The predicted octanol–water partition coefficient (Wildman–Crippen LogP) is 2.00. The largest absolute Gasteiger partial charge is 0.456 e. The molecule has 3 heterocycles. The number of fused-ring (bicyclic) bond motifs is 1. The highest BCUT2D eigenvalue weighted by atomic mass is 35.5. The molecule has 10 heteroatoms. The Balaban J connectivity index is 1.57. The van der Waals surface area contributed by atoms with Crippen molar-refractivity contribution in [2.45, 2.75) is 44.3 Å². The van der Waals surface area contributed by atoms with Crippen LogP contribution in [-0.2, 0) is 30.3 Å². The van der Waals surface area contributed by atoms with Crippen molar-refractivity contribution in [2.75, 3.05) is 46.0 Å². The van der Waals surface area contributed by atoms with Gasteiger partial charge in [-0.05, 0) is 43.6 Å². The Kier molecular flexibility index (Phi) is 7.79. The van der Waals surface area contributed by atoms with Crippen molar-refractivity contribution in [3.63, 3.8) is 0 Å². The summed E-state index contributed by atoms with van der Waals surface area (Å²) >= 11 is 12.2. The molecule has 0 bridgehead atoms. The Bertz CT molecular complexity index is 908. The van der Waals surface area contributed by atoms with Gasteiger partial charge >= 0.3 is 5.97 Å². The molecule has 3 aliphatic heterocycles. The minimum atomic E-state index is -0.495. The zero-order valence-electron chi connectivity index (χ0n) is 18.7. The normalized spacial score (nSPS) is 25.6. The Morgan fingerprint density at radius 3 is 2.36 bits per heavy atom. The van der Waals surface area contributed by atoms with E-state index in [1.807, 2.05) is 11.0 Å². The maximum atomic E-state index is 13.5. The van der Waals surface area contributed by atoms with Crippen LogP contribution in [0.3, 0.4) is 0 Å². The smallest absolute Gasteiger partial charge is 0.303 e. The van der Waals surface area contributed by atoms with Crippen LogP contribution in [0.15, 0.2) is 18.2 Å². The number of piperazine rings is 1. The van der Waals surface area contributed by atoms with Crippen molar-refractivity contribution in [1.29, 1.82) is 0 Å². The van der Waals surface area contributed by atoms with Crippen molar-refractivity contribution in [3.8, 4) is 0 Å². The number of likely N-dealkylation sites (tertiary alicyclic amines) is 1. The molecular formula is C23H29Cl2N3O5. The van der Waals surface area contributed by atoms with Gasteiger partial charge in [-0.1, -0.05) is 29.3 Å². The third kappa shape index (κ3) is 5.45. The summed E-state index contributed by atoms with van der Waals surface area (Å²) in [6.45, 7) is 4.52. The third-order valence-corrected chi connectivity index (χ3v) is 7.44. The van der Waals surface area contributed by atoms with E-state index in [-0.39, 0.29) is 43.0 Å². The minimum absolute atomic E-state index is 0.00771. The van der Waals surface area contributed by atoms with Crippen LogP contribution in [0.5, 0.6) is 0 Å². The number of rotatable bonds is 5. The summed E-state index contributed by atoms with van der Waals surface area (Å²) in [5.74, 6) is -0.769. The number of carbonyl (C=O) groups is 3. The van der Waals surface area contributed by atoms with E-state index in [2.05, 4.69) is 4.90 Å². The SMILES string of the molecule is CC(=O)OCC(=O)N1CCN(C(=O)Cc2ccc(Cl)c(Cl)c2)[C@@H]2C(N3CCCC3)COCC21. The van der Waals surface area contributed by atoms with Gasteiger partial charge in [0, 0.05) is 20.0 Å². The Morgan fingerprint density at radius 1 is 0.970 bits per heavy atom. The van der Waals surface area contributed by atoms with Gasteiger partial charge in [0.15, 0.2) is 6.61 Å². The van der Waals surface area contributed by atoms with Crippen LogP contribution < -0.4 is 0 Å². The zero-order valence-corrected chi connectivity index (χ0v) is 20.2. The number of hydrogen-bond acceptors (Lipinski definition) is 6. The van der Waals surface area contributed by atoms with Gasteiger partial charge in [-0.2, -0.15) is 0 Å². The number of carbonyl (C=O) groups excluding carboxylic acids is 3. The Labute approximate surface area is 203 Å². The van der Waals surface area contributed by atoms with Crippen LogP contribution >= 0.6 is 23.2 Å². The second-order valence-corrected chi connectivity index (χ2v) is 9.60. The van der Waals surface area contributed by atoms with Crippen molar-refractivity contribution in [3.05, 3.63) is 33.8 Å². The maximum Gasteiger partial charge on any atom is 0.303 e. The number of amides is 2. The van der Waals surface area contributed by atoms with Gasteiger partial charge in [0.2, 0.25) is 5.91 Å². The summed E-state index contributed by atoms with van der Waals surface area (Å²) in [7, 11) is 0. The van der Waals surface area contributed by atoms with Gasteiger partial charge in [-0.15, -0.1) is 0 Å². The van der Waals surface area contributed by atoms with E-state index in [1.165, 1.54) is 6.92 Å². The molecule has 0 N–H and O–H groups in total. The van der Waals surface area contributed by atoms with Gasteiger partial charge in [-0.25, -0.2) is 0 Å². The molecule has 0 radical (unpaired) electrons. The molecule has 0 spiro atoms. The summed E-state index contributed by atoms with van der Waals surface area (Å²) in [5, 5.41) is 0.869. The van der Waals surface area contributed by atoms with Gasteiger partial charge in [-0.3, -0.25) is 19.3 Å². The van der Waals surface area contributed by atoms with Crippen LogP contribution in [0.25, 0.3) is 0 Å². The molecule has 3 aliphatic rings. The lowest BCUT2D eigenvalue weighted by Gasteiger charge is -2.54. The topological polar surface area (TPSA) is 79.4 Å². The van der Waals surface area contributed by atoms with Crippen LogP contribution in [0.2, 0.25) is 10.0 Å². The molecule has 180 valence electrons. The first-order chi connectivity index (χ1) is 15.8. The fourth-order valence-corrected chi connectivity index (χ4v) is 5.47. The quantitative estimate of drug-likeness (QED) is 0.578. The van der Waals surface area contributed by atoms with E-state index in [0.29, 0.717) is 36.3 Å². The average Bonchev–Trinajstić information content (AvgIpc) is 3.33. The number of hydrogen-bond donors (Lipinski definition) is 0. The van der Waals surface area contributed by atoms with Gasteiger partial charge in [0.1, 0.15) is 0 Å². The molecule has 2 amide bonds. The molecule has 8 nitrogen and oxygen atoms in total. The predicted molar refractivity (Wildman–Crippen MR) is 123 cm³/mol. The van der Waals surface area contributed by atoms with Crippen LogP contribution in [0.4, 0.5) is 0 Å². The molecule has 0 aromatic heterocycles. The van der Waals surface area contributed by atoms with Gasteiger partial charge < -0.3 is 19.3 Å². The maximum absolute atomic E-state index is 13.5. The Morgan fingerprint density at radius 2 is 1.67 bits per heavy atom. The first-order valence-corrected chi connectivity index (χ1v) is 12.1. The van der Waals surface area contributed by atoms with E-state index in [9.17, 15) is 14.4 Å². The highest BCUT2D eigenvalue weighted by Crippen LogP contribution is 2.30. The van der Waals surface area contributed by atoms with E-state index < -0.39 is 5.97 Å². The molecule has 3 atom stereocenters. The highest BCUT2D eigenvalue weighted by molar-refractivity contribution is 6.42. The first kappa shape index (κ1) is 24.3. The van der Waals surface area contributed by atoms with E-state index in [1.54, 1.807) is 17.0 Å². The average molecular weight is 498 g/mol. The summed E-state index contributed by atoms with van der Waals surface area (Å²) in [5.41, 5.74) is 0.795. The Hall–Kier alpha value is -1.87. The molecule has 0 saturated carbocycles. The second-order valence-electron chi connectivity index (χ2n) is 8.79. The lowest BCUT2D eigenvalue weighted by Crippen LogP contribution is -2.72. The fraction of sp³-hybridized carbons (Fsp3) is 0.609. The monoisotopic (exact) mass is 497 g/mol. The molecule has 0 aliphatic carbocycles. The number of ether oxygens (including phenoxy) is 2. The molecule has 4 rings (SSSR count). The molecule has 3 fully saturated rings. The lowest BCUT2D eigenvalue weighted by atomic mass is 9.90. The first-order valence-electron chi connectivity index (χ1n) is 11.3. The van der Waals surface area contributed by atoms with Crippen LogP contribution in [-0.4, -0.2) is 96.6 Å². The molecule has 1 aromatic rings. The van der Waals surface area contributed by atoms with Crippen molar-refractivity contribution < 1.29 is 23.9 Å². The molecule has 3 saturated heterocycles.